The summed E-state index contributed by atoms with van der Waals surface area (Å²) in [7, 11) is 1.85. The third-order valence-electron chi connectivity index (χ3n) is 1.56. The standard InChI is InChI=1S/C8H15N3O/c1-8(2,6-9)12-7-4-5-11(3)10-7/h4-5H,6,9H2,1-3H3. The van der Waals surface area contributed by atoms with E-state index in [0.29, 0.717) is 12.4 Å². The molecule has 0 atom stereocenters. The highest BCUT2D eigenvalue weighted by Gasteiger charge is 2.18. The van der Waals surface area contributed by atoms with Gasteiger partial charge in [-0.3, -0.25) is 4.68 Å². The molecule has 0 aromatic carbocycles. The summed E-state index contributed by atoms with van der Waals surface area (Å²) in [5.74, 6) is 0.618. The smallest absolute Gasteiger partial charge is 0.233 e. The number of aromatic nitrogens is 2. The van der Waals surface area contributed by atoms with Crippen molar-refractivity contribution in [2.75, 3.05) is 6.54 Å². The van der Waals surface area contributed by atoms with Gasteiger partial charge in [-0.25, -0.2) is 0 Å². The largest absolute Gasteiger partial charge is 0.469 e. The Morgan fingerprint density at radius 1 is 1.67 bits per heavy atom. The molecule has 0 radical (unpaired) electrons. The van der Waals surface area contributed by atoms with Gasteiger partial charge < -0.3 is 10.5 Å². The first kappa shape index (κ1) is 9.06. The number of hydrogen-bond donors (Lipinski definition) is 1. The van der Waals surface area contributed by atoms with E-state index in [2.05, 4.69) is 5.10 Å². The zero-order chi connectivity index (χ0) is 9.19. The molecule has 4 heteroatoms. The van der Waals surface area contributed by atoms with Gasteiger partial charge >= 0.3 is 0 Å². The number of aryl methyl sites for hydroxylation is 1. The van der Waals surface area contributed by atoms with Crippen molar-refractivity contribution >= 4 is 0 Å². The van der Waals surface area contributed by atoms with Crippen molar-refractivity contribution in [2.24, 2.45) is 12.8 Å². The number of rotatable bonds is 3. The Bertz CT molecular complexity index is 255. The molecule has 1 aromatic rings. The molecule has 0 aliphatic carbocycles. The highest BCUT2D eigenvalue weighted by molar-refractivity contribution is 5.07. The van der Waals surface area contributed by atoms with Crippen LogP contribution in [0.3, 0.4) is 0 Å². The zero-order valence-corrected chi connectivity index (χ0v) is 7.74. The summed E-state index contributed by atoms with van der Waals surface area (Å²) < 4.78 is 7.21. The predicted octanol–water partition coefficient (Wildman–Crippen LogP) is 0.536. The average molecular weight is 169 g/mol. The first-order valence-corrected chi connectivity index (χ1v) is 3.92. The van der Waals surface area contributed by atoms with Crippen molar-refractivity contribution in [1.82, 2.24) is 9.78 Å². The fourth-order valence-corrected chi connectivity index (χ4v) is 0.773. The van der Waals surface area contributed by atoms with E-state index in [1.54, 1.807) is 4.68 Å². The summed E-state index contributed by atoms with van der Waals surface area (Å²) in [6.07, 6.45) is 1.84. The fourth-order valence-electron chi connectivity index (χ4n) is 0.773. The molecule has 4 nitrogen and oxygen atoms in total. The molecule has 1 aromatic heterocycles. The molecule has 0 amide bonds. The van der Waals surface area contributed by atoms with Gasteiger partial charge in [0.25, 0.3) is 0 Å². The molecule has 0 saturated heterocycles. The molecule has 0 aliphatic rings. The van der Waals surface area contributed by atoms with Crippen LogP contribution in [0.25, 0.3) is 0 Å². The van der Waals surface area contributed by atoms with Crippen LogP contribution in [0.4, 0.5) is 0 Å². The lowest BCUT2D eigenvalue weighted by molar-refractivity contribution is 0.111. The van der Waals surface area contributed by atoms with Gasteiger partial charge in [-0.15, -0.1) is 5.10 Å². The molecule has 0 unspecified atom stereocenters. The molecule has 1 rings (SSSR count). The second-order valence-corrected chi connectivity index (χ2v) is 3.39. The second kappa shape index (κ2) is 3.15. The summed E-state index contributed by atoms with van der Waals surface area (Å²) in [6.45, 7) is 4.34. The van der Waals surface area contributed by atoms with E-state index in [9.17, 15) is 0 Å². The second-order valence-electron chi connectivity index (χ2n) is 3.39. The maximum atomic E-state index is 5.51. The quantitative estimate of drug-likeness (QED) is 0.718. The van der Waals surface area contributed by atoms with Crippen LogP contribution in [0.15, 0.2) is 12.3 Å². The van der Waals surface area contributed by atoms with Crippen LogP contribution in [0, 0.1) is 0 Å². The highest BCUT2D eigenvalue weighted by atomic mass is 16.5. The van der Waals surface area contributed by atoms with Crippen molar-refractivity contribution in [2.45, 2.75) is 19.4 Å². The maximum absolute atomic E-state index is 5.51. The normalized spacial score (nSPS) is 11.7. The van der Waals surface area contributed by atoms with Gasteiger partial charge in [0, 0.05) is 25.9 Å². The molecule has 0 bridgehead atoms. The molecular formula is C8H15N3O. The summed E-state index contributed by atoms with van der Waals surface area (Å²) in [6, 6.07) is 1.82. The van der Waals surface area contributed by atoms with Gasteiger partial charge in [0.15, 0.2) is 0 Å². The first-order chi connectivity index (χ1) is 5.53. The van der Waals surface area contributed by atoms with E-state index in [-0.39, 0.29) is 5.60 Å². The zero-order valence-electron chi connectivity index (χ0n) is 7.74. The molecule has 0 saturated carbocycles. The van der Waals surface area contributed by atoms with E-state index in [0.717, 1.165) is 0 Å². The van der Waals surface area contributed by atoms with Crippen LogP contribution in [-0.4, -0.2) is 21.9 Å². The van der Waals surface area contributed by atoms with Crippen molar-refractivity contribution in [3.8, 4) is 5.88 Å². The number of nitrogens with two attached hydrogens (primary N) is 1. The Labute approximate surface area is 72.3 Å². The Balaban J connectivity index is 2.63. The van der Waals surface area contributed by atoms with E-state index < -0.39 is 0 Å². The van der Waals surface area contributed by atoms with Gasteiger partial charge in [-0.1, -0.05) is 0 Å². The fraction of sp³-hybridized carbons (Fsp3) is 0.625. The average Bonchev–Trinajstić information content (AvgIpc) is 2.35. The number of ether oxygens (including phenoxy) is 1. The highest BCUT2D eigenvalue weighted by Crippen LogP contribution is 2.13. The van der Waals surface area contributed by atoms with E-state index in [1.165, 1.54) is 0 Å². The third-order valence-corrected chi connectivity index (χ3v) is 1.56. The first-order valence-electron chi connectivity index (χ1n) is 3.92. The maximum Gasteiger partial charge on any atom is 0.233 e. The third kappa shape index (κ3) is 2.23. The molecule has 2 N–H and O–H groups in total. The number of hydrogen-bond acceptors (Lipinski definition) is 3. The Morgan fingerprint density at radius 3 is 2.75 bits per heavy atom. The van der Waals surface area contributed by atoms with Crippen molar-refractivity contribution in [3.63, 3.8) is 0 Å². The van der Waals surface area contributed by atoms with Crippen molar-refractivity contribution in [3.05, 3.63) is 12.3 Å². The molecular weight excluding hydrogens is 154 g/mol. The minimum atomic E-state index is -0.339. The van der Waals surface area contributed by atoms with Crippen LogP contribution in [0.2, 0.25) is 0 Å². The van der Waals surface area contributed by atoms with Crippen molar-refractivity contribution < 1.29 is 4.74 Å². The topological polar surface area (TPSA) is 53.1 Å². The predicted molar refractivity (Wildman–Crippen MR) is 47.0 cm³/mol. The summed E-state index contributed by atoms with van der Waals surface area (Å²) >= 11 is 0. The lowest BCUT2D eigenvalue weighted by Crippen LogP contribution is -2.37. The van der Waals surface area contributed by atoms with Crippen LogP contribution in [-0.2, 0) is 7.05 Å². The minimum Gasteiger partial charge on any atom is -0.469 e. The van der Waals surface area contributed by atoms with Crippen LogP contribution >= 0.6 is 0 Å². The van der Waals surface area contributed by atoms with Gasteiger partial charge in [-0.2, -0.15) is 0 Å². The summed E-state index contributed by atoms with van der Waals surface area (Å²) in [5, 5.41) is 4.08. The molecule has 0 spiro atoms. The van der Waals surface area contributed by atoms with E-state index >= 15 is 0 Å². The van der Waals surface area contributed by atoms with Gasteiger partial charge in [0.05, 0.1) is 0 Å². The van der Waals surface area contributed by atoms with E-state index in [4.69, 9.17) is 10.5 Å². The van der Waals surface area contributed by atoms with Crippen LogP contribution in [0.1, 0.15) is 13.8 Å². The van der Waals surface area contributed by atoms with Gasteiger partial charge in [0.1, 0.15) is 5.60 Å². The van der Waals surface area contributed by atoms with E-state index in [1.807, 2.05) is 33.2 Å². The van der Waals surface area contributed by atoms with Crippen LogP contribution in [0.5, 0.6) is 5.88 Å². The Morgan fingerprint density at radius 2 is 2.33 bits per heavy atom. The number of nitrogens with zero attached hydrogens (tertiary/aromatic N) is 2. The van der Waals surface area contributed by atoms with Gasteiger partial charge in [-0.05, 0) is 13.8 Å². The molecule has 68 valence electrons. The summed E-state index contributed by atoms with van der Waals surface area (Å²) in [4.78, 5) is 0. The Kier molecular flexibility index (Phi) is 2.38. The SMILES string of the molecule is Cn1ccc(OC(C)(C)CN)n1. The van der Waals surface area contributed by atoms with Crippen LogP contribution < -0.4 is 10.5 Å². The molecule has 1 heterocycles. The lowest BCUT2D eigenvalue weighted by Gasteiger charge is -2.22. The minimum absolute atomic E-state index is 0.339. The lowest BCUT2D eigenvalue weighted by atomic mass is 10.1. The molecule has 0 fully saturated rings. The summed E-state index contributed by atoms with van der Waals surface area (Å²) in [5.41, 5.74) is 5.16. The Hall–Kier alpha value is -1.03. The van der Waals surface area contributed by atoms with Crippen molar-refractivity contribution in [1.29, 1.82) is 0 Å². The molecule has 12 heavy (non-hydrogen) atoms. The molecule has 0 aliphatic heterocycles. The monoisotopic (exact) mass is 169 g/mol. The van der Waals surface area contributed by atoms with Gasteiger partial charge in [0.2, 0.25) is 5.88 Å².